The van der Waals surface area contributed by atoms with Crippen LogP contribution in [0.25, 0.3) is 0 Å². The average Bonchev–Trinajstić information content (AvgIpc) is 2.62. The molecule has 90 valence electrons. The first-order chi connectivity index (χ1) is 7.56. The Morgan fingerprint density at radius 3 is 2.75 bits per heavy atom. The van der Waals surface area contributed by atoms with Crippen LogP contribution < -0.4 is 5.32 Å². The Hall–Kier alpha value is -1.36. The number of carboxylic acid groups (broad SMARTS) is 1. The number of aliphatic carboxylic acids is 1. The fourth-order valence-corrected chi connectivity index (χ4v) is 1.98. The monoisotopic (exact) mass is 226 g/mol. The van der Waals surface area contributed by atoms with Crippen LogP contribution in [0, 0.1) is 5.92 Å². The molecule has 1 aliphatic rings. The van der Waals surface area contributed by atoms with E-state index in [2.05, 4.69) is 11.9 Å². The molecule has 2 atom stereocenters. The molecule has 0 aromatic rings. The molecule has 1 heterocycles. The lowest BCUT2D eigenvalue weighted by Gasteiger charge is -2.24. The fourth-order valence-electron chi connectivity index (χ4n) is 1.98. The van der Waals surface area contributed by atoms with Crippen LogP contribution in [0.1, 0.15) is 13.3 Å². The smallest absolute Gasteiger partial charge is 0.323 e. The van der Waals surface area contributed by atoms with Crippen molar-refractivity contribution < 1.29 is 14.7 Å². The highest BCUT2D eigenvalue weighted by Gasteiger charge is 2.32. The van der Waals surface area contributed by atoms with Crippen molar-refractivity contribution in [2.45, 2.75) is 19.4 Å². The molecule has 0 aromatic carbocycles. The SMILES string of the molecule is C=CCN(CC(=O)O)C(=O)C1CCNC1C. The Kier molecular flexibility index (Phi) is 4.49. The number of carbonyl (C=O) groups excluding carboxylic acids is 1. The predicted octanol–water partition coefficient (Wildman–Crippen LogP) is 0.0836. The van der Waals surface area contributed by atoms with E-state index < -0.39 is 5.97 Å². The molecule has 1 fully saturated rings. The summed E-state index contributed by atoms with van der Waals surface area (Å²) in [7, 11) is 0. The number of hydrogen-bond acceptors (Lipinski definition) is 3. The van der Waals surface area contributed by atoms with E-state index in [-0.39, 0.29) is 31.0 Å². The first-order valence-corrected chi connectivity index (χ1v) is 5.41. The number of nitrogens with zero attached hydrogens (tertiary/aromatic N) is 1. The van der Waals surface area contributed by atoms with E-state index in [4.69, 9.17) is 5.11 Å². The van der Waals surface area contributed by atoms with Crippen LogP contribution in [0.3, 0.4) is 0 Å². The number of hydrogen-bond donors (Lipinski definition) is 2. The molecular formula is C11H18N2O3. The van der Waals surface area contributed by atoms with Gasteiger partial charge in [0.25, 0.3) is 0 Å². The molecule has 1 saturated heterocycles. The number of carboxylic acids is 1. The third-order valence-corrected chi connectivity index (χ3v) is 2.83. The highest BCUT2D eigenvalue weighted by atomic mass is 16.4. The Labute approximate surface area is 95.1 Å². The standard InChI is InChI=1S/C11H18N2O3/c1-3-6-13(7-10(14)15)11(16)9-4-5-12-8(9)2/h3,8-9,12H,1,4-7H2,2H3,(H,14,15). The van der Waals surface area contributed by atoms with E-state index in [0.29, 0.717) is 0 Å². The zero-order chi connectivity index (χ0) is 12.1. The Morgan fingerprint density at radius 1 is 1.62 bits per heavy atom. The fraction of sp³-hybridized carbons (Fsp3) is 0.636. The van der Waals surface area contributed by atoms with Gasteiger partial charge >= 0.3 is 5.97 Å². The first-order valence-electron chi connectivity index (χ1n) is 5.41. The summed E-state index contributed by atoms with van der Waals surface area (Å²) in [4.78, 5) is 24.0. The molecule has 0 radical (unpaired) electrons. The topological polar surface area (TPSA) is 69.6 Å². The van der Waals surface area contributed by atoms with E-state index in [1.54, 1.807) is 6.08 Å². The lowest BCUT2D eigenvalue weighted by atomic mass is 10.0. The molecule has 0 saturated carbocycles. The second-order valence-corrected chi connectivity index (χ2v) is 4.04. The van der Waals surface area contributed by atoms with Gasteiger partial charge in [0, 0.05) is 12.6 Å². The lowest BCUT2D eigenvalue weighted by Crippen LogP contribution is -2.42. The molecule has 1 aliphatic heterocycles. The summed E-state index contributed by atoms with van der Waals surface area (Å²) in [6.07, 6.45) is 2.32. The summed E-state index contributed by atoms with van der Waals surface area (Å²) in [5.74, 6) is -1.20. The maximum Gasteiger partial charge on any atom is 0.323 e. The maximum atomic E-state index is 12.1. The van der Waals surface area contributed by atoms with Gasteiger partial charge in [0.1, 0.15) is 6.54 Å². The molecular weight excluding hydrogens is 208 g/mol. The molecule has 0 spiro atoms. The summed E-state index contributed by atoms with van der Waals surface area (Å²) in [6.45, 7) is 6.32. The molecule has 0 aromatic heterocycles. The third-order valence-electron chi connectivity index (χ3n) is 2.83. The molecule has 0 bridgehead atoms. The van der Waals surface area contributed by atoms with Crippen LogP contribution in [-0.2, 0) is 9.59 Å². The summed E-state index contributed by atoms with van der Waals surface area (Å²) in [5, 5.41) is 11.9. The first kappa shape index (κ1) is 12.7. The highest BCUT2D eigenvalue weighted by Crippen LogP contribution is 2.18. The molecule has 16 heavy (non-hydrogen) atoms. The zero-order valence-electron chi connectivity index (χ0n) is 9.48. The zero-order valence-corrected chi connectivity index (χ0v) is 9.48. The molecule has 5 nitrogen and oxygen atoms in total. The molecule has 1 amide bonds. The normalized spacial score (nSPS) is 24.1. The molecule has 0 aliphatic carbocycles. The Balaban J connectivity index is 2.65. The van der Waals surface area contributed by atoms with Gasteiger partial charge in [0.05, 0.1) is 5.92 Å². The number of carbonyl (C=O) groups is 2. The number of amides is 1. The van der Waals surface area contributed by atoms with Crippen LogP contribution in [0.4, 0.5) is 0 Å². The van der Waals surface area contributed by atoms with Gasteiger partial charge in [-0.25, -0.2) is 0 Å². The molecule has 2 unspecified atom stereocenters. The lowest BCUT2D eigenvalue weighted by molar-refractivity contribution is -0.145. The van der Waals surface area contributed by atoms with Crippen molar-refractivity contribution in [3.63, 3.8) is 0 Å². The summed E-state index contributed by atoms with van der Waals surface area (Å²) in [5.41, 5.74) is 0. The van der Waals surface area contributed by atoms with Gasteiger partial charge in [-0.1, -0.05) is 6.08 Å². The van der Waals surface area contributed by atoms with E-state index in [1.807, 2.05) is 6.92 Å². The van der Waals surface area contributed by atoms with Gasteiger partial charge < -0.3 is 15.3 Å². The van der Waals surface area contributed by atoms with Crippen LogP contribution in [-0.4, -0.2) is 47.6 Å². The van der Waals surface area contributed by atoms with E-state index >= 15 is 0 Å². The van der Waals surface area contributed by atoms with Crippen molar-refractivity contribution in [3.05, 3.63) is 12.7 Å². The van der Waals surface area contributed by atoms with Gasteiger partial charge in [-0.3, -0.25) is 9.59 Å². The van der Waals surface area contributed by atoms with Gasteiger partial charge in [0.15, 0.2) is 0 Å². The molecule has 1 rings (SSSR count). The predicted molar refractivity (Wildman–Crippen MR) is 60.0 cm³/mol. The quantitative estimate of drug-likeness (QED) is 0.652. The molecule has 5 heteroatoms. The molecule has 2 N–H and O–H groups in total. The highest BCUT2D eigenvalue weighted by molar-refractivity contribution is 5.84. The van der Waals surface area contributed by atoms with Gasteiger partial charge in [0.2, 0.25) is 5.91 Å². The van der Waals surface area contributed by atoms with Crippen molar-refractivity contribution in [1.29, 1.82) is 0 Å². The van der Waals surface area contributed by atoms with Crippen molar-refractivity contribution in [1.82, 2.24) is 10.2 Å². The minimum Gasteiger partial charge on any atom is -0.480 e. The Morgan fingerprint density at radius 2 is 2.31 bits per heavy atom. The van der Waals surface area contributed by atoms with Crippen molar-refractivity contribution in [2.24, 2.45) is 5.92 Å². The minimum atomic E-state index is -0.992. The number of rotatable bonds is 5. The summed E-state index contributed by atoms with van der Waals surface area (Å²) < 4.78 is 0. The van der Waals surface area contributed by atoms with Gasteiger partial charge in [-0.05, 0) is 19.9 Å². The third kappa shape index (κ3) is 3.06. The van der Waals surface area contributed by atoms with Crippen LogP contribution in [0.5, 0.6) is 0 Å². The van der Waals surface area contributed by atoms with Crippen LogP contribution in [0.15, 0.2) is 12.7 Å². The Bertz CT molecular complexity index is 291. The van der Waals surface area contributed by atoms with E-state index in [0.717, 1.165) is 13.0 Å². The van der Waals surface area contributed by atoms with Crippen LogP contribution >= 0.6 is 0 Å². The largest absolute Gasteiger partial charge is 0.480 e. The summed E-state index contributed by atoms with van der Waals surface area (Å²) in [6, 6.07) is 0.119. The van der Waals surface area contributed by atoms with E-state index in [9.17, 15) is 9.59 Å². The second kappa shape index (κ2) is 5.65. The van der Waals surface area contributed by atoms with E-state index in [1.165, 1.54) is 4.90 Å². The maximum absolute atomic E-state index is 12.1. The average molecular weight is 226 g/mol. The van der Waals surface area contributed by atoms with Crippen molar-refractivity contribution in [2.75, 3.05) is 19.6 Å². The van der Waals surface area contributed by atoms with Crippen molar-refractivity contribution >= 4 is 11.9 Å². The minimum absolute atomic E-state index is 0.0974. The van der Waals surface area contributed by atoms with Crippen LogP contribution in [0.2, 0.25) is 0 Å². The van der Waals surface area contributed by atoms with Gasteiger partial charge in [-0.2, -0.15) is 0 Å². The second-order valence-electron chi connectivity index (χ2n) is 4.04. The van der Waals surface area contributed by atoms with Crippen molar-refractivity contribution in [3.8, 4) is 0 Å². The number of nitrogens with one attached hydrogen (secondary N) is 1. The summed E-state index contributed by atoms with van der Waals surface area (Å²) >= 11 is 0. The van der Waals surface area contributed by atoms with Gasteiger partial charge in [-0.15, -0.1) is 6.58 Å².